The van der Waals surface area contributed by atoms with Crippen LogP contribution in [-0.4, -0.2) is 29.9 Å². The molecular weight excluding hydrogens is 328 g/mol. The molecule has 5 heteroatoms. The molecule has 1 unspecified atom stereocenters. The van der Waals surface area contributed by atoms with Gasteiger partial charge in [0.25, 0.3) is 0 Å². The predicted molar refractivity (Wildman–Crippen MR) is 96.0 cm³/mol. The molecule has 0 spiro atoms. The van der Waals surface area contributed by atoms with Crippen molar-refractivity contribution in [3.8, 4) is 6.07 Å². The van der Waals surface area contributed by atoms with Crippen LogP contribution in [0.5, 0.6) is 0 Å². The van der Waals surface area contributed by atoms with Crippen molar-refractivity contribution in [2.75, 3.05) is 13.2 Å². The molecule has 0 bridgehead atoms. The number of amides is 1. The summed E-state index contributed by atoms with van der Waals surface area (Å²) in [5.41, 5.74) is 2.31. The van der Waals surface area contributed by atoms with E-state index in [1.807, 2.05) is 30.3 Å². The van der Waals surface area contributed by atoms with E-state index in [-0.39, 0.29) is 24.9 Å². The first kappa shape index (κ1) is 17.7. The van der Waals surface area contributed by atoms with Crippen LogP contribution >= 0.6 is 0 Å². The van der Waals surface area contributed by atoms with Gasteiger partial charge in [0.1, 0.15) is 0 Å². The van der Waals surface area contributed by atoms with E-state index in [2.05, 4.69) is 6.07 Å². The lowest BCUT2D eigenvalue weighted by atomic mass is 10.1. The van der Waals surface area contributed by atoms with E-state index in [0.717, 1.165) is 11.1 Å². The highest BCUT2D eigenvalue weighted by Gasteiger charge is 2.30. The summed E-state index contributed by atoms with van der Waals surface area (Å²) in [5.74, 6) is -0.317. The molecule has 1 heterocycles. The van der Waals surface area contributed by atoms with Gasteiger partial charge in [-0.3, -0.25) is 4.79 Å². The molecule has 0 aliphatic carbocycles. The quantitative estimate of drug-likeness (QED) is 0.753. The third kappa shape index (κ3) is 4.48. The van der Waals surface area contributed by atoms with Gasteiger partial charge in [-0.2, -0.15) is 5.26 Å². The molecule has 2 aromatic carbocycles. The molecule has 0 radical (unpaired) electrons. The zero-order valence-electron chi connectivity index (χ0n) is 14.4. The normalized spacial score (nSPS) is 16.3. The lowest BCUT2D eigenvalue weighted by Gasteiger charge is -2.16. The highest BCUT2D eigenvalue weighted by Crippen LogP contribution is 2.21. The van der Waals surface area contributed by atoms with Gasteiger partial charge in [-0.1, -0.05) is 42.5 Å². The van der Waals surface area contributed by atoms with Crippen LogP contribution in [0.1, 0.15) is 27.9 Å². The topological polar surface area (TPSA) is 70.4 Å². The summed E-state index contributed by atoms with van der Waals surface area (Å²) in [6.07, 6.45) is 0.654. The minimum Gasteiger partial charge on any atom is -0.462 e. The predicted octanol–water partition coefficient (Wildman–Crippen LogP) is 2.96. The summed E-state index contributed by atoms with van der Waals surface area (Å²) in [7, 11) is 0. The number of esters is 1. The van der Waals surface area contributed by atoms with Gasteiger partial charge in [-0.25, -0.2) is 4.79 Å². The number of benzene rings is 2. The summed E-state index contributed by atoms with van der Waals surface area (Å²) in [6.45, 7) is 1.40. The fourth-order valence-corrected chi connectivity index (χ4v) is 3.10. The third-order valence-electron chi connectivity index (χ3n) is 4.41. The fourth-order valence-electron chi connectivity index (χ4n) is 3.10. The number of hydrogen-bond acceptors (Lipinski definition) is 4. The second-order valence-corrected chi connectivity index (χ2v) is 6.46. The maximum atomic E-state index is 12.2. The van der Waals surface area contributed by atoms with Crippen LogP contribution in [0, 0.1) is 17.2 Å². The zero-order valence-corrected chi connectivity index (χ0v) is 14.4. The van der Waals surface area contributed by atoms with Crippen molar-refractivity contribution in [1.29, 1.82) is 5.26 Å². The summed E-state index contributed by atoms with van der Waals surface area (Å²) in [6, 6.07) is 18.8. The standard InChI is InChI=1S/C21H20N2O3/c22-10-9-16-7-4-8-19(11-16)21(25)26-15-18-12-20(24)23(14-18)13-17-5-2-1-3-6-17/h1-8,11,18H,9,12-15H2. The van der Waals surface area contributed by atoms with E-state index >= 15 is 0 Å². The molecule has 26 heavy (non-hydrogen) atoms. The lowest BCUT2D eigenvalue weighted by Crippen LogP contribution is -2.25. The molecule has 1 fully saturated rings. The molecule has 1 atom stereocenters. The molecule has 0 aromatic heterocycles. The van der Waals surface area contributed by atoms with Gasteiger partial charge in [-0.15, -0.1) is 0 Å². The number of likely N-dealkylation sites (tertiary alicyclic amines) is 1. The SMILES string of the molecule is N#CCc1cccc(C(=O)OCC2CC(=O)N(Cc3ccccc3)C2)c1. The summed E-state index contributed by atoms with van der Waals surface area (Å²) >= 11 is 0. The third-order valence-corrected chi connectivity index (χ3v) is 4.41. The van der Waals surface area contributed by atoms with E-state index in [1.54, 1.807) is 29.2 Å². The molecular formula is C21H20N2O3. The highest BCUT2D eigenvalue weighted by molar-refractivity contribution is 5.89. The van der Waals surface area contributed by atoms with E-state index in [1.165, 1.54) is 0 Å². The number of rotatable bonds is 6. The number of hydrogen-bond donors (Lipinski definition) is 0. The Labute approximate surface area is 152 Å². The van der Waals surface area contributed by atoms with Gasteiger partial charge in [0.15, 0.2) is 0 Å². The molecule has 3 rings (SSSR count). The molecule has 2 aromatic rings. The summed E-state index contributed by atoms with van der Waals surface area (Å²) in [4.78, 5) is 26.2. The molecule has 1 saturated heterocycles. The van der Waals surface area contributed by atoms with Crippen molar-refractivity contribution in [2.24, 2.45) is 5.92 Å². The van der Waals surface area contributed by atoms with Gasteiger partial charge in [0.05, 0.1) is 24.7 Å². The summed E-state index contributed by atoms with van der Waals surface area (Å²) in [5, 5.41) is 8.75. The van der Waals surface area contributed by atoms with Crippen molar-refractivity contribution in [3.05, 3.63) is 71.3 Å². The Kier molecular flexibility index (Phi) is 5.65. The Morgan fingerprint density at radius 3 is 2.69 bits per heavy atom. The molecule has 0 saturated carbocycles. The molecule has 1 amide bonds. The fraction of sp³-hybridized carbons (Fsp3) is 0.286. The van der Waals surface area contributed by atoms with E-state index in [0.29, 0.717) is 25.1 Å². The highest BCUT2D eigenvalue weighted by atomic mass is 16.5. The van der Waals surface area contributed by atoms with E-state index in [4.69, 9.17) is 10.00 Å². The first-order valence-corrected chi connectivity index (χ1v) is 8.60. The van der Waals surface area contributed by atoms with Crippen molar-refractivity contribution in [1.82, 2.24) is 4.90 Å². The minimum absolute atomic E-state index is 0.0115. The maximum absolute atomic E-state index is 12.2. The first-order chi connectivity index (χ1) is 12.7. The molecule has 5 nitrogen and oxygen atoms in total. The maximum Gasteiger partial charge on any atom is 0.338 e. The summed E-state index contributed by atoms with van der Waals surface area (Å²) < 4.78 is 5.39. The largest absolute Gasteiger partial charge is 0.462 e. The van der Waals surface area contributed by atoms with E-state index in [9.17, 15) is 9.59 Å². The number of carbonyl (C=O) groups excluding carboxylic acids is 2. The Balaban J connectivity index is 1.52. The smallest absolute Gasteiger partial charge is 0.338 e. The van der Waals surface area contributed by atoms with Crippen molar-refractivity contribution in [3.63, 3.8) is 0 Å². The number of ether oxygens (including phenoxy) is 1. The van der Waals surface area contributed by atoms with Crippen LogP contribution in [0.15, 0.2) is 54.6 Å². The van der Waals surface area contributed by atoms with Crippen molar-refractivity contribution in [2.45, 2.75) is 19.4 Å². The first-order valence-electron chi connectivity index (χ1n) is 8.60. The average molecular weight is 348 g/mol. The lowest BCUT2D eigenvalue weighted by molar-refractivity contribution is -0.128. The number of nitriles is 1. The van der Waals surface area contributed by atoms with E-state index < -0.39 is 5.97 Å². The van der Waals surface area contributed by atoms with Gasteiger partial charge in [-0.05, 0) is 23.3 Å². The second kappa shape index (κ2) is 8.30. The number of nitrogens with zero attached hydrogens (tertiary/aromatic N) is 2. The van der Waals surface area contributed by atoms with Crippen LogP contribution < -0.4 is 0 Å². The molecule has 1 aliphatic heterocycles. The van der Waals surface area contributed by atoms with Gasteiger partial charge < -0.3 is 9.64 Å². The zero-order chi connectivity index (χ0) is 18.4. The van der Waals surface area contributed by atoms with Gasteiger partial charge in [0.2, 0.25) is 5.91 Å². The number of carbonyl (C=O) groups is 2. The van der Waals surface area contributed by atoms with Crippen LogP contribution in [-0.2, 0) is 22.5 Å². The van der Waals surface area contributed by atoms with Crippen molar-refractivity contribution >= 4 is 11.9 Å². The average Bonchev–Trinajstić information content (AvgIpc) is 3.00. The Hall–Kier alpha value is -3.13. The Bertz CT molecular complexity index is 827. The Morgan fingerprint density at radius 2 is 1.92 bits per heavy atom. The van der Waals surface area contributed by atoms with Crippen molar-refractivity contribution < 1.29 is 14.3 Å². The molecule has 0 N–H and O–H groups in total. The van der Waals surface area contributed by atoms with Gasteiger partial charge >= 0.3 is 5.97 Å². The van der Waals surface area contributed by atoms with Crippen LogP contribution in [0.3, 0.4) is 0 Å². The Morgan fingerprint density at radius 1 is 1.15 bits per heavy atom. The monoisotopic (exact) mass is 348 g/mol. The van der Waals surface area contributed by atoms with Crippen LogP contribution in [0.2, 0.25) is 0 Å². The second-order valence-electron chi connectivity index (χ2n) is 6.46. The molecule has 1 aliphatic rings. The van der Waals surface area contributed by atoms with Crippen LogP contribution in [0.25, 0.3) is 0 Å². The van der Waals surface area contributed by atoms with Crippen LogP contribution in [0.4, 0.5) is 0 Å². The van der Waals surface area contributed by atoms with Gasteiger partial charge in [0, 0.05) is 25.4 Å². The minimum atomic E-state index is -0.418. The molecule has 132 valence electrons.